The summed E-state index contributed by atoms with van der Waals surface area (Å²) in [6, 6.07) is 0. The molecule has 0 aromatic carbocycles. The van der Waals surface area contributed by atoms with Gasteiger partial charge < -0.3 is 20.5 Å². The van der Waals surface area contributed by atoms with Crippen molar-refractivity contribution >= 4 is 11.9 Å². The largest absolute Gasteiger partial charge is 0.480 e. The maximum absolute atomic E-state index is 12.0. The van der Waals surface area contributed by atoms with Crippen molar-refractivity contribution < 1.29 is 19.4 Å². The number of rotatable bonds is 4. The summed E-state index contributed by atoms with van der Waals surface area (Å²) >= 11 is 0. The summed E-state index contributed by atoms with van der Waals surface area (Å²) < 4.78 is 5.24. The number of carboxylic acids is 1. The summed E-state index contributed by atoms with van der Waals surface area (Å²) in [4.78, 5) is 24.0. The van der Waals surface area contributed by atoms with E-state index >= 15 is 0 Å². The number of aliphatic carboxylic acids is 1. The minimum absolute atomic E-state index is 0.0276. The minimum Gasteiger partial charge on any atom is -0.480 e. The van der Waals surface area contributed by atoms with Crippen molar-refractivity contribution in [1.29, 1.82) is 0 Å². The van der Waals surface area contributed by atoms with Crippen LogP contribution < -0.4 is 5.73 Å². The van der Waals surface area contributed by atoms with Crippen LogP contribution in [0.4, 0.5) is 0 Å². The average Bonchev–Trinajstić information content (AvgIpc) is 2.18. The van der Waals surface area contributed by atoms with Gasteiger partial charge in [-0.25, -0.2) is 4.79 Å². The molecular formula is C11H18N2O4. The van der Waals surface area contributed by atoms with E-state index in [0.717, 1.165) is 19.3 Å². The first-order valence-corrected chi connectivity index (χ1v) is 5.79. The monoisotopic (exact) mass is 242 g/mol. The van der Waals surface area contributed by atoms with Gasteiger partial charge in [0.2, 0.25) is 5.91 Å². The van der Waals surface area contributed by atoms with Gasteiger partial charge in [0, 0.05) is 0 Å². The van der Waals surface area contributed by atoms with Crippen LogP contribution in [0.25, 0.3) is 0 Å². The van der Waals surface area contributed by atoms with Gasteiger partial charge in [0.05, 0.1) is 18.6 Å². The van der Waals surface area contributed by atoms with Crippen LogP contribution in [0.2, 0.25) is 0 Å². The lowest BCUT2D eigenvalue weighted by Gasteiger charge is -2.51. The maximum atomic E-state index is 12.0. The normalized spacial score (nSPS) is 24.7. The first-order valence-electron chi connectivity index (χ1n) is 5.79. The van der Waals surface area contributed by atoms with Gasteiger partial charge in [-0.3, -0.25) is 4.79 Å². The zero-order valence-electron chi connectivity index (χ0n) is 9.94. The van der Waals surface area contributed by atoms with Crippen molar-refractivity contribution in [1.82, 2.24) is 4.90 Å². The van der Waals surface area contributed by atoms with Crippen LogP contribution in [0.1, 0.15) is 26.2 Å². The average molecular weight is 242 g/mol. The Morgan fingerprint density at radius 1 is 1.41 bits per heavy atom. The van der Waals surface area contributed by atoms with Crippen LogP contribution in [-0.2, 0) is 14.3 Å². The second-order valence-electron chi connectivity index (χ2n) is 5.30. The van der Waals surface area contributed by atoms with Crippen LogP contribution in [0.5, 0.6) is 0 Å². The Morgan fingerprint density at radius 3 is 2.41 bits per heavy atom. The predicted molar refractivity (Wildman–Crippen MR) is 59.3 cm³/mol. The molecule has 1 saturated heterocycles. The molecule has 1 heterocycles. The predicted octanol–water partition coefficient (Wildman–Crippen LogP) is -0.430. The topological polar surface area (TPSA) is 92.9 Å². The summed E-state index contributed by atoms with van der Waals surface area (Å²) in [5, 5.41) is 8.52. The standard InChI is InChI=1S/C11H18N2O4/c1-10(17-5-8(14)15)6-13(7-10)9(16)11(12)3-2-4-11/h2-7,12H2,1H3,(H,14,15). The highest BCUT2D eigenvalue weighted by Gasteiger charge is 2.50. The molecule has 0 spiro atoms. The molecule has 2 fully saturated rings. The van der Waals surface area contributed by atoms with Gasteiger partial charge in [-0.15, -0.1) is 0 Å². The number of carbonyl (C=O) groups is 2. The Labute approximate surface area is 99.7 Å². The van der Waals surface area contributed by atoms with Crippen molar-refractivity contribution in [2.45, 2.75) is 37.3 Å². The number of hydrogen-bond acceptors (Lipinski definition) is 4. The molecule has 3 N–H and O–H groups in total. The van der Waals surface area contributed by atoms with Crippen molar-refractivity contribution in [3.8, 4) is 0 Å². The van der Waals surface area contributed by atoms with Gasteiger partial charge in [0.1, 0.15) is 12.2 Å². The van der Waals surface area contributed by atoms with Crippen molar-refractivity contribution in [2.75, 3.05) is 19.7 Å². The van der Waals surface area contributed by atoms with E-state index in [4.69, 9.17) is 15.6 Å². The van der Waals surface area contributed by atoms with Gasteiger partial charge in [0.15, 0.2) is 0 Å². The molecule has 1 amide bonds. The van der Waals surface area contributed by atoms with E-state index in [1.54, 1.807) is 4.90 Å². The Hall–Kier alpha value is -1.14. The van der Waals surface area contributed by atoms with Crippen LogP contribution in [0, 0.1) is 0 Å². The van der Waals surface area contributed by atoms with Crippen LogP contribution >= 0.6 is 0 Å². The summed E-state index contributed by atoms with van der Waals surface area (Å²) in [6.07, 6.45) is 2.49. The SMILES string of the molecule is CC1(OCC(=O)O)CN(C(=O)C2(N)CCC2)C1. The molecule has 2 rings (SSSR count). The molecule has 6 nitrogen and oxygen atoms in total. The van der Waals surface area contributed by atoms with E-state index < -0.39 is 17.1 Å². The van der Waals surface area contributed by atoms with E-state index in [-0.39, 0.29) is 12.5 Å². The van der Waals surface area contributed by atoms with Gasteiger partial charge in [0.25, 0.3) is 0 Å². The fourth-order valence-electron chi connectivity index (χ4n) is 2.32. The summed E-state index contributed by atoms with van der Waals surface area (Å²) in [6.45, 7) is 2.34. The summed E-state index contributed by atoms with van der Waals surface area (Å²) in [5.74, 6) is -1.02. The van der Waals surface area contributed by atoms with E-state index in [0.29, 0.717) is 13.1 Å². The first-order chi connectivity index (χ1) is 7.85. The zero-order chi connectivity index (χ0) is 12.7. The maximum Gasteiger partial charge on any atom is 0.329 e. The highest BCUT2D eigenvalue weighted by Crippen LogP contribution is 2.34. The van der Waals surface area contributed by atoms with Gasteiger partial charge in [-0.1, -0.05) is 0 Å². The molecule has 96 valence electrons. The van der Waals surface area contributed by atoms with Crippen molar-refractivity contribution in [2.24, 2.45) is 5.73 Å². The molecule has 17 heavy (non-hydrogen) atoms. The summed E-state index contributed by atoms with van der Waals surface area (Å²) in [7, 11) is 0. The van der Waals surface area contributed by atoms with Gasteiger partial charge >= 0.3 is 5.97 Å². The number of carboxylic acid groups (broad SMARTS) is 1. The Morgan fingerprint density at radius 2 is 2.00 bits per heavy atom. The van der Waals surface area contributed by atoms with Gasteiger partial charge in [-0.2, -0.15) is 0 Å². The molecule has 1 aliphatic carbocycles. The molecule has 0 bridgehead atoms. The molecule has 0 aromatic heterocycles. The Kier molecular flexibility index (Phi) is 2.87. The Balaban J connectivity index is 1.81. The molecule has 0 unspecified atom stereocenters. The van der Waals surface area contributed by atoms with E-state index in [9.17, 15) is 9.59 Å². The first kappa shape index (κ1) is 12.3. The molecule has 1 saturated carbocycles. The third-order valence-electron chi connectivity index (χ3n) is 3.55. The number of nitrogens with zero attached hydrogens (tertiary/aromatic N) is 1. The van der Waals surface area contributed by atoms with Crippen LogP contribution in [0.3, 0.4) is 0 Å². The van der Waals surface area contributed by atoms with Crippen molar-refractivity contribution in [3.05, 3.63) is 0 Å². The van der Waals surface area contributed by atoms with Gasteiger partial charge in [-0.05, 0) is 26.2 Å². The van der Waals surface area contributed by atoms with E-state index in [1.807, 2.05) is 6.92 Å². The number of nitrogens with two attached hydrogens (primary N) is 1. The smallest absolute Gasteiger partial charge is 0.329 e. The third-order valence-corrected chi connectivity index (χ3v) is 3.55. The summed E-state index contributed by atoms with van der Waals surface area (Å²) in [5.41, 5.74) is 4.74. The molecule has 2 aliphatic rings. The second kappa shape index (κ2) is 3.96. The molecule has 6 heteroatoms. The third kappa shape index (κ3) is 2.28. The number of amides is 1. The number of likely N-dealkylation sites (tertiary alicyclic amines) is 1. The lowest BCUT2D eigenvalue weighted by molar-refractivity contribution is -0.178. The quantitative estimate of drug-likeness (QED) is 0.697. The van der Waals surface area contributed by atoms with Crippen LogP contribution in [-0.4, -0.2) is 52.7 Å². The minimum atomic E-state index is -0.995. The lowest BCUT2D eigenvalue weighted by Crippen LogP contribution is -2.70. The number of ether oxygens (including phenoxy) is 1. The lowest BCUT2D eigenvalue weighted by atomic mass is 9.75. The van der Waals surface area contributed by atoms with Crippen molar-refractivity contribution in [3.63, 3.8) is 0 Å². The number of hydrogen-bond donors (Lipinski definition) is 2. The highest BCUT2D eigenvalue weighted by molar-refractivity contribution is 5.88. The molecule has 0 aromatic rings. The van der Waals surface area contributed by atoms with Crippen LogP contribution in [0.15, 0.2) is 0 Å². The molecule has 0 atom stereocenters. The number of carbonyl (C=O) groups excluding carboxylic acids is 1. The Bertz CT molecular complexity index is 345. The fourth-order valence-corrected chi connectivity index (χ4v) is 2.32. The fraction of sp³-hybridized carbons (Fsp3) is 0.818. The second-order valence-corrected chi connectivity index (χ2v) is 5.30. The molecule has 1 aliphatic heterocycles. The molecule has 0 radical (unpaired) electrons. The zero-order valence-corrected chi connectivity index (χ0v) is 9.94. The highest BCUT2D eigenvalue weighted by atomic mass is 16.5. The van der Waals surface area contributed by atoms with E-state index in [2.05, 4.69) is 0 Å². The van der Waals surface area contributed by atoms with E-state index in [1.165, 1.54) is 0 Å². The molecular weight excluding hydrogens is 224 g/mol.